The molecule has 0 aromatic heterocycles. The zero-order valence-electron chi connectivity index (χ0n) is 15.6. The van der Waals surface area contributed by atoms with Crippen molar-refractivity contribution in [3.63, 3.8) is 0 Å². The lowest BCUT2D eigenvalue weighted by molar-refractivity contribution is 0.379. The largest absolute Gasteiger partial charge is 0.0654 e. The summed E-state index contributed by atoms with van der Waals surface area (Å²) in [5.74, 6) is 1.04. The smallest absolute Gasteiger partial charge is 0.0414 e. The fourth-order valence-corrected chi connectivity index (χ4v) is 3.44. The molecule has 0 fully saturated rings. The third-order valence-electron chi connectivity index (χ3n) is 4.88. The average Bonchev–Trinajstić information content (AvgIpc) is 2.49. The van der Waals surface area contributed by atoms with Crippen LogP contribution in [0.3, 0.4) is 0 Å². The molecule has 0 aliphatic carbocycles. The number of unbranched alkanes of at least 4 members (excludes halogenated alkanes) is 11. The van der Waals surface area contributed by atoms with Crippen molar-refractivity contribution < 1.29 is 0 Å². The van der Waals surface area contributed by atoms with Gasteiger partial charge in [0.1, 0.15) is 0 Å². The van der Waals surface area contributed by atoms with Gasteiger partial charge in [0.05, 0.1) is 0 Å². The van der Waals surface area contributed by atoms with Crippen molar-refractivity contribution >= 4 is 0 Å². The molecule has 0 aromatic carbocycles. The summed E-state index contributed by atoms with van der Waals surface area (Å²) in [6, 6.07) is 0. The van der Waals surface area contributed by atoms with Crippen LogP contribution in [0.25, 0.3) is 0 Å². The zero-order chi connectivity index (χ0) is 15.6. The Morgan fingerprint density at radius 1 is 0.381 bits per heavy atom. The van der Waals surface area contributed by atoms with Crippen molar-refractivity contribution in [3.05, 3.63) is 0 Å². The van der Waals surface area contributed by atoms with E-state index >= 15 is 0 Å². The van der Waals surface area contributed by atoms with Crippen molar-refractivity contribution in [2.45, 2.75) is 130 Å². The summed E-state index contributed by atoms with van der Waals surface area (Å²) >= 11 is 0. The van der Waals surface area contributed by atoms with Crippen molar-refractivity contribution in [2.75, 3.05) is 0 Å². The van der Waals surface area contributed by atoms with Crippen LogP contribution in [0.5, 0.6) is 0 Å². The van der Waals surface area contributed by atoms with Gasteiger partial charge in [0.25, 0.3) is 0 Å². The van der Waals surface area contributed by atoms with E-state index in [0.29, 0.717) is 0 Å². The Morgan fingerprint density at radius 3 is 1.24 bits per heavy atom. The van der Waals surface area contributed by atoms with Crippen molar-refractivity contribution in [1.29, 1.82) is 0 Å². The van der Waals surface area contributed by atoms with E-state index in [9.17, 15) is 0 Å². The quantitative estimate of drug-likeness (QED) is 0.237. The summed E-state index contributed by atoms with van der Waals surface area (Å²) in [5.41, 5.74) is 0. The van der Waals surface area contributed by atoms with Gasteiger partial charge in [-0.25, -0.2) is 0 Å². The highest BCUT2D eigenvalue weighted by Gasteiger charge is 2.06. The maximum Gasteiger partial charge on any atom is -0.0414 e. The standard InChI is InChI=1S/C21H44/c1-4-7-9-10-11-12-13-14-15-17-20-21(18-6-3)19-16-8-5-2/h21H,4-20H2,1-3H3. The van der Waals surface area contributed by atoms with E-state index in [0.717, 1.165) is 5.92 Å². The molecule has 0 radical (unpaired) electrons. The van der Waals surface area contributed by atoms with Gasteiger partial charge in [-0.1, -0.05) is 130 Å². The Kier molecular flexibility index (Phi) is 18.1. The van der Waals surface area contributed by atoms with Crippen LogP contribution in [-0.2, 0) is 0 Å². The molecule has 0 nitrogen and oxygen atoms in total. The van der Waals surface area contributed by atoms with Gasteiger partial charge in [-0.3, -0.25) is 0 Å². The molecular weight excluding hydrogens is 252 g/mol. The highest BCUT2D eigenvalue weighted by molar-refractivity contribution is 4.60. The van der Waals surface area contributed by atoms with E-state index < -0.39 is 0 Å². The third-order valence-corrected chi connectivity index (χ3v) is 4.88. The highest BCUT2D eigenvalue weighted by Crippen LogP contribution is 2.22. The predicted molar refractivity (Wildman–Crippen MR) is 99.0 cm³/mol. The lowest BCUT2D eigenvalue weighted by atomic mass is 9.91. The lowest BCUT2D eigenvalue weighted by Gasteiger charge is -2.15. The second kappa shape index (κ2) is 18.1. The van der Waals surface area contributed by atoms with Gasteiger partial charge in [-0.05, 0) is 5.92 Å². The summed E-state index contributed by atoms with van der Waals surface area (Å²) in [4.78, 5) is 0. The Morgan fingerprint density at radius 2 is 0.762 bits per heavy atom. The molecule has 1 atom stereocenters. The Labute approximate surface area is 136 Å². The molecule has 128 valence electrons. The first-order valence-corrected chi connectivity index (χ1v) is 10.3. The second-order valence-electron chi connectivity index (χ2n) is 7.12. The molecule has 0 aliphatic rings. The molecular formula is C21H44. The minimum Gasteiger partial charge on any atom is -0.0654 e. The molecule has 21 heavy (non-hydrogen) atoms. The van der Waals surface area contributed by atoms with Crippen LogP contribution in [-0.4, -0.2) is 0 Å². The van der Waals surface area contributed by atoms with Crippen LogP contribution in [0.1, 0.15) is 130 Å². The maximum absolute atomic E-state index is 2.35. The number of rotatable bonds is 17. The van der Waals surface area contributed by atoms with Crippen LogP contribution in [0.4, 0.5) is 0 Å². The maximum atomic E-state index is 2.35. The van der Waals surface area contributed by atoms with Gasteiger partial charge in [-0.2, -0.15) is 0 Å². The van der Waals surface area contributed by atoms with Gasteiger partial charge in [-0.15, -0.1) is 0 Å². The van der Waals surface area contributed by atoms with E-state index in [-0.39, 0.29) is 0 Å². The molecule has 0 heteroatoms. The third kappa shape index (κ3) is 16.2. The summed E-state index contributed by atoms with van der Waals surface area (Å²) in [6.07, 6.45) is 24.8. The summed E-state index contributed by atoms with van der Waals surface area (Å²) in [5, 5.41) is 0. The first-order chi connectivity index (χ1) is 10.3. The summed E-state index contributed by atoms with van der Waals surface area (Å²) < 4.78 is 0. The summed E-state index contributed by atoms with van der Waals surface area (Å²) in [6.45, 7) is 6.97. The van der Waals surface area contributed by atoms with Crippen LogP contribution in [0.2, 0.25) is 0 Å². The SMILES string of the molecule is CCCCCCCCCCCCC(CCC)CCCCC. The van der Waals surface area contributed by atoms with Gasteiger partial charge in [0, 0.05) is 0 Å². The fourth-order valence-electron chi connectivity index (χ4n) is 3.44. The Bertz CT molecular complexity index is 173. The minimum absolute atomic E-state index is 1.04. The van der Waals surface area contributed by atoms with Gasteiger partial charge < -0.3 is 0 Å². The monoisotopic (exact) mass is 296 g/mol. The molecule has 0 saturated carbocycles. The lowest BCUT2D eigenvalue weighted by Crippen LogP contribution is -2.00. The number of hydrogen-bond donors (Lipinski definition) is 0. The van der Waals surface area contributed by atoms with E-state index in [2.05, 4.69) is 20.8 Å². The predicted octanol–water partition coefficient (Wildman–Crippen LogP) is 8.29. The molecule has 0 amide bonds. The van der Waals surface area contributed by atoms with E-state index in [1.165, 1.54) is 109 Å². The van der Waals surface area contributed by atoms with Gasteiger partial charge in [0.15, 0.2) is 0 Å². The van der Waals surface area contributed by atoms with Crippen LogP contribution in [0, 0.1) is 5.92 Å². The molecule has 0 heterocycles. The van der Waals surface area contributed by atoms with Crippen LogP contribution in [0.15, 0.2) is 0 Å². The molecule has 0 aliphatic heterocycles. The molecule has 0 spiro atoms. The Balaban J connectivity index is 3.32. The van der Waals surface area contributed by atoms with E-state index in [1.807, 2.05) is 0 Å². The first kappa shape index (κ1) is 21.0. The highest BCUT2D eigenvalue weighted by atomic mass is 14.1. The zero-order valence-corrected chi connectivity index (χ0v) is 15.6. The van der Waals surface area contributed by atoms with Crippen molar-refractivity contribution in [2.24, 2.45) is 5.92 Å². The molecule has 0 saturated heterocycles. The van der Waals surface area contributed by atoms with Gasteiger partial charge >= 0.3 is 0 Å². The Hall–Kier alpha value is 0. The van der Waals surface area contributed by atoms with Crippen LogP contribution < -0.4 is 0 Å². The minimum atomic E-state index is 1.04. The first-order valence-electron chi connectivity index (χ1n) is 10.3. The molecule has 0 aromatic rings. The van der Waals surface area contributed by atoms with E-state index in [1.54, 1.807) is 0 Å². The van der Waals surface area contributed by atoms with Gasteiger partial charge in [0.2, 0.25) is 0 Å². The number of hydrogen-bond acceptors (Lipinski definition) is 0. The summed E-state index contributed by atoms with van der Waals surface area (Å²) in [7, 11) is 0. The molecule has 0 bridgehead atoms. The fraction of sp³-hybridized carbons (Fsp3) is 1.00. The normalized spacial score (nSPS) is 12.7. The molecule has 0 rings (SSSR count). The molecule has 1 unspecified atom stereocenters. The topological polar surface area (TPSA) is 0 Å². The van der Waals surface area contributed by atoms with Crippen molar-refractivity contribution in [3.8, 4) is 0 Å². The van der Waals surface area contributed by atoms with Crippen LogP contribution >= 0.6 is 0 Å². The van der Waals surface area contributed by atoms with E-state index in [4.69, 9.17) is 0 Å². The van der Waals surface area contributed by atoms with Crippen molar-refractivity contribution in [1.82, 2.24) is 0 Å². The second-order valence-corrected chi connectivity index (χ2v) is 7.12. The molecule has 0 N–H and O–H groups in total. The average molecular weight is 297 g/mol.